The van der Waals surface area contributed by atoms with Crippen molar-refractivity contribution in [3.8, 4) is 0 Å². The van der Waals surface area contributed by atoms with E-state index in [4.69, 9.17) is 15.3 Å². The normalized spacial score (nSPS) is 17.6. The molecule has 3 aromatic carbocycles. The molecular formula is C30H34N4O4. The number of hydrogen-bond acceptors (Lipinski definition) is 6. The predicted molar refractivity (Wildman–Crippen MR) is 146 cm³/mol. The van der Waals surface area contributed by atoms with Gasteiger partial charge in [-0.1, -0.05) is 36.4 Å². The van der Waals surface area contributed by atoms with Crippen LogP contribution in [0.15, 0.2) is 72.8 Å². The second-order valence-electron chi connectivity index (χ2n) is 9.76. The number of benzene rings is 3. The number of amides is 2. The standard InChI is InChI=1S/C30H34N4O4/c31-29(35)23-6-9-26(10-7-23)34-17-15-33(16-18-34)14-12-28-27-11-8-25(20-24(27)13-19-37-28)30(36)32-38-21-22-4-2-1-3-5-22/h1-11,20,28H,12-19,21H2,(H2,31,35)(H,32,36)/t28-/m0/s1. The highest BCUT2D eigenvalue weighted by atomic mass is 16.6. The lowest BCUT2D eigenvalue weighted by atomic mass is 9.93. The first-order chi connectivity index (χ1) is 18.6. The van der Waals surface area contributed by atoms with Crippen LogP contribution >= 0.6 is 0 Å². The van der Waals surface area contributed by atoms with Gasteiger partial charge in [0, 0.05) is 49.5 Å². The summed E-state index contributed by atoms with van der Waals surface area (Å²) in [6.07, 6.45) is 1.74. The Morgan fingerprint density at radius 1 is 0.947 bits per heavy atom. The quantitative estimate of drug-likeness (QED) is 0.425. The number of hydrogen-bond donors (Lipinski definition) is 2. The van der Waals surface area contributed by atoms with E-state index in [1.54, 1.807) is 12.1 Å². The van der Waals surface area contributed by atoms with Gasteiger partial charge < -0.3 is 15.4 Å². The van der Waals surface area contributed by atoms with Gasteiger partial charge in [-0.25, -0.2) is 5.48 Å². The van der Waals surface area contributed by atoms with Gasteiger partial charge in [0.15, 0.2) is 0 Å². The maximum absolute atomic E-state index is 12.6. The predicted octanol–water partition coefficient (Wildman–Crippen LogP) is 3.47. The molecule has 3 aromatic rings. The Morgan fingerprint density at radius 3 is 2.42 bits per heavy atom. The zero-order valence-corrected chi connectivity index (χ0v) is 21.5. The molecular weight excluding hydrogens is 480 g/mol. The summed E-state index contributed by atoms with van der Waals surface area (Å²) in [6, 6.07) is 23.1. The van der Waals surface area contributed by atoms with Gasteiger partial charge in [-0.05, 0) is 65.9 Å². The minimum absolute atomic E-state index is 0.0320. The fourth-order valence-electron chi connectivity index (χ4n) is 5.10. The average Bonchev–Trinajstić information content (AvgIpc) is 2.96. The molecule has 5 rings (SSSR count). The molecule has 2 heterocycles. The number of hydroxylamine groups is 1. The Labute approximate surface area is 223 Å². The number of nitrogens with two attached hydrogens (primary N) is 1. The third kappa shape index (κ3) is 6.39. The van der Waals surface area contributed by atoms with Gasteiger partial charge in [0.1, 0.15) is 0 Å². The molecule has 2 aliphatic rings. The molecule has 0 aromatic heterocycles. The number of carbonyl (C=O) groups excluding carboxylic acids is 2. The highest BCUT2D eigenvalue weighted by Gasteiger charge is 2.24. The van der Waals surface area contributed by atoms with Crippen LogP contribution in [0, 0.1) is 0 Å². The number of primary amides is 1. The monoisotopic (exact) mass is 514 g/mol. The van der Waals surface area contributed by atoms with Gasteiger partial charge in [-0.3, -0.25) is 19.3 Å². The van der Waals surface area contributed by atoms with Crippen LogP contribution in [0.1, 0.15) is 49.9 Å². The summed E-state index contributed by atoms with van der Waals surface area (Å²) in [5, 5.41) is 0. The van der Waals surface area contributed by atoms with Crippen LogP contribution in [0.25, 0.3) is 0 Å². The van der Waals surface area contributed by atoms with Gasteiger partial charge in [0.25, 0.3) is 5.91 Å². The summed E-state index contributed by atoms with van der Waals surface area (Å²) in [4.78, 5) is 34.1. The van der Waals surface area contributed by atoms with Crippen LogP contribution in [-0.2, 0) is 22.6 Å². The lowest BCUT2D eigenvalue weighted by molar-refractivity contribution is 0.0229. The van der Waals surface area contributed by atoms with Gasteiger partial charge in [0.05, 0.1) is 19.3 Å². The van der Waals surface area contributed by atoms with E-state index < -0.39 is 5.91 Å². The molecule has 0 radical (unpaired) electrons. The maximum atomic E-state index is 12.6. The number of nitrogens with one attached hydrogen (secondary N) is 1. The summed E-state index contributed by atoms with van der Waals surface area (Å²) in [5.41, 5.74) is 13.5. The van der Waals surface area contributed by atoms with Crippen molar-refractivity contribution in [2.24, 2.45) is 5.73 Å². The lowest BCUT2D eigenvalue weighted by Crippen LogP contribution is -2.47. The molecule has 198 valence electrons. The van der Waals surface area contributed by atoms with E-state index in [2.05, 4.69) is 15.3 Å². The second kappa shape index (κ2) is 12.2. The SMILES string of the molecule is NC(=O)c1ccc(N2CCN(CC[C@@H]3OCCc4cc(C(=O)NOCc5ccccc5)ccc43)CC2)cc1. The number of anilines is 1. The topological polar surface area (TPSA) is 97.1 Å². The first-order valence-corrected chi connectivity index (χ1v) is 13.1. The smallest absolute Gasteiger partial charge is 0.274 e. The Bertz CT molecular complexity index is 1240. The number of carbonyl (C=O) groups is 2. The van der Waals surface area contributed by atoms with Gasteiger partial charge in [-0.2, -0.15) is 0 Å². The van der Waals surface area contributed by atoms with Gasteiger partial charge >= 0.3 is 0 Å². The molecule has 2 amide bonds. The molecule has 0 aliphatic carbocycles. The maximum Gasteiger partial charge on any atom is 0.274 e. The van der Waals surface area contributed by atoms with E-state index in [1.807, 2.05) is 60.7 Å². The highest BCUT2D eigenvalue weighted by Crippen LogP contribution is 2.31. The Kier molecular flexibility index (Phi) is 8.33. The first-order valence-electron chi connectivity index (χ1n) is 13.1. The van der Waals surface area contributed by atoms with E-state index in [1.165, 1.54) is 11.1 Å². The minimum atomic E-state index is -0.403. The Hall–Kier alpha value is -3.72. The van der Waals surface area contributed by atoms with Crippen molar-refractivity contribution in [3.63, 3.8) is 0 Å². The molecule has 1 atom stereocenters. The Morgan fingerprint density at radius 2 is 1.68 bits per heavy atom. The van der Waals surface area contributed by atoms with Crippen LogP contribution in [0.4, 0.5) is 5.69 Å². The third-order valence-electron chi connectivity index (χ3n) is 7.29. The van der Waals surface area contributed by atoms with Gasteiger partial charge in [-0.15, -0.1) is 0 Å². The van der Waals surface area contributed by atoms with Crippen LogP contribution in [0.5, 0.6) is 0 Å². The molecule has 8 heteroatoms. The van der Waals surface area contributed by atoms with Crippen LogP contribution in [-0.4, -0.2) is 56.0 Å². The van der Waals surface area contributed by atoms with Crippen molar-refractivity contribution in [3.05, 3.63) is 101 Å². The summed E-state index contributed by atoms with van der Waals surface area (Å²) in [5.74, 6) is -0.644. The van der Waals surface area contributed by atoms with Crippen molar-refractivity contribution in [1.29, 1.82) is 0 Å². The molecule has 2 aliphatic heterocycles. The van der Waals surface area contributed by atoms with Crippen molar-refractivity contribution in [2.75, 3.05) is 44.2 Å². The molecule has 38 heavy (non-hydrogen) atoms. The number of piperazine rings is 1. The summed E-state index contributed by atoms with van der Waals surface area (Å²) in [6.45, 7) is 5.74. The zero-order chi connectivity index (χ0) is 26.3. The van der Waals surface area contributed by atoms with Crippen molar-refractivity contribution in [2.45, 2.75) is 25.6 Å². The summed E-state index contributed by atoms with van der Waals surface area (Å²) >= 11 is 0. The van der Waals surface area contributed by atoms with Crippen molar-refractivity contribution in [1.82, 2.24) is 10.4 Å². The zero-order valence-electron chi connectivity index (χ0n) is 21.5. The summed E-state index contributed by atoms with van der Waals surface area (Å²) in [7, 11) is 0. The van der Waals surface area contributed by atoms with Crippen LogP contribution in [0.2, 0.25) is 0 Å². The van der Waals surface area contributed by atoms with E-state index in [-0.39, 0.29) is 12.0 Å². The molecule has 0 spiro atoms. The number of ether oxygens (including phenoxy) is 1. The fraction of sp³-hybridized carbons (Fsp3) is 0.333. The molecule has 1 fully saturated rings. The second-order valence-corrected chi connectivity index (χ2v) is 9.76. The molecule has 1 saturated heterocycles. The van der Waals surface area contributed by atoms with E-state index >= 15 is 0 Å². The third-order valence-corrected chi connectivity index (χ3v) is 7.29. The number of fused-ring (bicyclic) bond motifs is 1. The first kappa shape index (κ1) is 25.9. The molecule has 3 N–H and O–H groups in total. The number of nitrogens with zero attached hydrogens (tertiary/aromatic N) is 2. The van der Waals surface area contributed by atoms with Crippen molar-refractivity contribution < 1.29 is 19.2 Å². The highest BCUT2D eigenvalue weighted by molar-refractivity contribution is 5.94. The minimum Gasteiger partial charge on any atom is -0.373 e. The molecule has 0 saturated carbocycles. The van der Waals surface area contributed by atoms with E-state index in [0.717, 1.165) is 56.8 Å². The number of rotatable bonds is 9. The van der Waals surface area contributed by atoms with Gasteiger partial charge in [0.2, 0.25) is 5.91 Å². The molecule has 8 nitrogen and oxygen atoms in total. The lowest BCUT2D eigenvalue weighted by Gasteiger charge is -2.37. The Balaban J connectivity index is 1.10. The van der Waals surface area contributed by atoms with E-state index in [9.17, 15) is 9.59 Å². The van der Waals surface area contributed by atoms with Crippen molar-refractivity contribution >= 4 is 17.5 Å². The largest absolute Gasteiger partial charge is 0.373 e. The summed E-state index contributed by atoms with van der Waals surface area (Å²) < 4.78 is 6.13. The molecule has 0 bridgehead atoms. The molecule has 0 unspecified atom stereocenters. The average molecular weight is 515 g/mol. The van der Waals surface area contributed by atoms with Crippen LogP contribution < -0.4 is 16.1 Å². The van der Waals surface area contributed by atoms with E-state index in [0.29, 0.717) is 24.3 Å². The fourth-order valence-corrected chi connectivity index (χ4v) is 5.10. The van der Waals surface area contributed by atoms with Crippen LogP contribution in [0.3, 0.4) is 0 Å².